The first-order valence-corrected chi connectivity index (χ1v) is 8.99. The average molecular weight is 384 g/mol. The molecule has 2 rings (SSSR count). The largest absolute Gasteiger partial charge is 0.460 e. The Labute approximate surface area is 154 Å². The zero-order valence-corrected chi connectivity index (χ0v) is 15.2. The molecule has 4 nitrogen and oxygen atoms in total. The number of carbonyl (C=O) groups is 2. The number of carbonyl (C=O) groups excluding carboxylic acids is 2. The molecular formula is C17H15Cl2NO3S. The maximum atomic E-state index is 12.0. The van der Waals surface area contributed by atoms with Gasteiger partial charge in [-0.15, -0.1) is 11.8 Å². The minimum atomic E-state index is -0.526. The summed E-state index contributed by atoms with van der Waals surface area (Å²) in [5.41, 5.74) is 1.13. The summed E-state index contributed by atoms with van der Waals surface area (Å²) < 4.78 is 5.12. The standard InChI is InChI=1S/C17H15Cl2NO3S/c1-24-13-5-2-11(3-6-13)10-23-16(21)9-20-17(22)14-7-4-12(18)8-15(14)19/h2-8H,9-10H2,1H3,(H,20,22). The average Bonchev–Trinajstić information content (AvgIpc) is 2.58. The van der Waals surface area contributed by atoms with Crippen molar-refractivity contribution < 1.29 is 14.3 Å². The Bertz CT molecular complexity index is 735. The Morgan fingerprint density at radius 3 is 2.46 bits per heavy atom. The Morgan fingerprint density at radius 2 is 1.83 bits per heavy atom. The topological polar surface area (TPSA) is 55.4 Å². The van der Waals surface area contributed by atoms with Gasteiger partial charge in [0.15, 0.2) is 0 Å². The highest BCUT2D eigenvalue weighted by Gasteiger charge is 2.12. The van der Waals surface area contributed by atoms with E-state index in [2.05, 4.69) is 5.32 Å². The minimum absolute atomic E-state index is 0.158. The van der Waals surface area contributed by atoms with E-state index in [1.54, 1.807) is 17.8 Å². The van der Waals surface area contributed by atoms with E-state index >= 15 is 0 Å². The van der Waals surface area contributed by atoms with E-state index in [0.29, 0.717) is 5.02 Å². The Kier molecular flexibility index (Phi) is 6.97. The molecule has 0 atom stereocenters. The summed E-state index contributed by atoms with van der Waals surface area (Å²) in [5.74, 6) is -0.986. The smallest absolute Gasteiger partial charge is 0.325 e. The van der Waals surface area contributed by atoms with Crippen molar-refractivity contribution in [2.24, 2.45) is 0 Å². The molecule has 126 valence electrons. The molecule has 0 aliphatic heterocycles. The van der Waals surface area contributed by atoms with Gasteiger partial charge in [-0.1, -0.05) is 35.3 Å². The molecule has 24 heavy (non-hydrogen) atoms. The van der Waals surface area contributed by atoms with Crippen molar-refractivity contribution in [2.75, 3.05) is 12.8 Å². The van der Waals surface area contributed by atoms with Gasteiger partial charge in [-0.25, -0.2) is 0 Å². The van der Waals surface area contributed by atoms with Gasteiger partial charge in [0.05, 0.1) is 10.6 Å². The highest BCUT2D eigenvalue weighted by atomic mass is 35.5. The zero-order chi connectivity index (χ0) is 17.5. The van der Waals surface area contributed by atoms with Crippen molar-refractivity contribution in [3.05, 3.63) is 63.6 Å². The molecule has 2 aromatic rings. The molecule has 1 amide bonds. The number of esters is 1. The van der Waals surface area contributed by atoms with Crippen LogP contribution in [0, 0.1) is 0 Å². The van der Waals surface area contributed by atoms with Crippen LogP contribution < -0.4 is 5.32 Å². The molecule has 0 aliphatic carbocycles. The highest BCUT2D eigenvalue weighted by Crippen LogP contribution is 2.20. The second-order valence-corrected chi connectivity index (χ2v) is 6.54. The van der Waals surface area contributed by atoms with Gasteiger partial charge in [0.1, 0.15) is 13.2 Å². The molecule has 0 aliphatic rings. The van der Waals surface area contributed by atoms with Gasteiger partial charge in [-0.3, -0.25) is 9.59 Å². The summed E-state index contributed by atoms with van der Waals surface area (Å²) in [6, 6.07) is 12.2. The third kappa shape index (κ3) is 5.44. The maximum Gasteiger partial charge on any atom is 0.325 e. The van der Waals surface area contributed by atoms with E-state index in [0.717, 1.165) is 10.5 Å². The van der Waals surface area contributed by atoms with Gasteiger partial charge >= 0.3 is 5.97 Å². The first-order chi connectivity index (χ1) is 11.5. The van der Waals surface area contributed by atoms with Crippen LogP contribution >= 0.6 is 35.0 Å². The lowest BCUT2D eigenvalue weighted by Crippen LogP contribution is -2.30. The lowest BCUT2D eigenvalue weighted by Gasteiger charge is -2.08. The highest BCUT2D eigenvalue weighted by molar-refractivity contribution is 7.98. The fourth-order valence-corrected chi connectivity index (χ4v) is 2.76. The first kappa shape index (κ1) is 18.6. The van der Waals surface area contributed by atoms with Crippen LogP contribution in [0.1, 0.15) is 15.9 Å². The number of amides is 1. The van der Waals surface area contributed by atoms with E-state index in [1.165, 1.54) is 12.1 Å². The minimum Gasteiger partial charge on any atom is -0.460 e. The van der Waals surface area contributed by atoms with Gasteiger partial charge in [0, 0.05) is 9.92 Å². The molecule has 1 N–H and O–H groups in total. The molecule has 0 saturated carbocycles. The number of benzene rings is 2. The van der Waals surface area contributed by atoms with Crippen molar-refractivity contribution >= 4 is 46.8 Å². The van der Waals surface area contributed by atoms with Crippen molar-refractivity contribution in [1.82, 2.24) is 5.32 Å². The number of ether oxygens (including phenoxy) is 1. The van der Waals surface area contributed by atoms with Crippen molar-refractivity contribution in [3.63, 3.8) is 0 Å². The monoisotopic (exact) mass is 383 g/mol. The number of halogens is 2. The summed E-state index contributed by atoms with van der Waals surface area (Å²) in [6.07, 6.45) is 1.99. The van der Waals surface area contributed by atoms with Crippen LogP contribution in [0.15, 0.2) is 47.4 Å². The molecule has 0 aromatic heterocycles. The Morgan fingerprint density at radius 1 is 1.12 bits per heavy atom. The lowest BCUT2D eigenvalue weighted by atomic mass is 10.2. The summed E-state index contributed by atoms with van der Waals surface area (Å²) in [7, 11) is 0. The summed E-state index contributed by atoms with van der Waals surface area (Å²) in [5, 5.41) is 3.13. The van der Waals surface area contributed by atoms with Gasteiger partial charge in [0.25, 0.3) is 5.91 Å². The predicted octanol–water partition coefficient (Wildman–Crippen LogP) is 4.19. The molecule has 0 spiro atoms. The number of hydrogen-bond acceptors (Lipinski definition) is 4. The fourth-order valence-electron chi connectivity index (χ4n) is 1.86. The first-order valence-electron chi connectivity index (χ1n) is 7.01. The van der Waals surface area contributed by atoms with Crippen LogP contribution in [-0.2, 0) is 16.1 Å². The molecule has 0 saturated heterocycles. The number of thioether (sulfide) groups is 1. The lowest BCUT2D eigenvalue weighted by molar-refractivity contribution is -0.143. The maximum absolute atomic E-state index is 12.0. The van der Waals surface area contributed by atoms with E-state index in [-0.39, 0.29) is 23.7 Å². The van der Waals surface area contributed by atoms with Crippen LogP contribution in [0.25, 0.3) is 0 Å². The van der Waals surface area contributed by atoms with E-state index in [1.807, 2.05) is 30.5 Å². The Hall–Kier alpha value is -1.69. The fraction of sp³-hybridized carbons (Fsp3) is 0.176. The Balaban J connectivity index is 1.80. The third-order valence-electron chi connectivity index (χ3n) is 3.13. The van der Waals surface area contributed by atoms with Crippen LogP contribution in [-0.4, -0.2) is 24.7 Å². The molecule has 7 heteroatoms. The summed E-state index contributed by atoms with van der Waals surface area (Å²) in [6.45, 7) is -0.0776. The SMILES string of the molecule is CSc1ccc(COC(=O)CNC(=O)c2ccc(Cl)cc2Cl)cc1. The molecule has 0 bridgehead atoms. The molecule has 0 heterocycles. The van der Waals surface area contributed by atoms with Crippen molar-refractivity contribution in [3.8, 4) is 0 Å². The van der Waals surface area contributed by atoms with Crippen molar-refractivity contribution in [1.29, 1.82) is 0 Å². The van der Waals surface area contributed by atoms with E-state index in [4.69, 9.17) is 27.9 Å². The number of nitrogens with one attached hydrogen (secondary N) is 1. The van der Waals surface area contributed by atoms with Crippen LogP contribution in [0.2, 0.25) is 10.0 Å². The zero-order valence-electron chi connectivity index (χ0n) is 12.8. The van der Waals surface area contributed by atoms with Gasteiger partial charge in [-0.2, -0.15) is 0 Å². The summed E-state index contributed by atoms with van der Waals surface area (Å²) in [4.78, 5) is 24.8. The van der Waals surface area contributed by atoms with Gasteiger partial charge in [0.2, 0.25) is 0 Å². The van der Waals surface area contributed by atoms with Crippen LogP contribution in [0.4, 0.5) is 0 Å². The van der Waals surface area contributed by atoms with Crippen LogP contribution in [0.5, 0.6) is 0 Å². The summed E-state index contributed by atoms with van der Waals surface area (Å²) >= 11 is 13.4. The van der Waals surface area contributed by atoms with Crippen LogP contribution in [0.3, 0.4) is 0 Å². The molecular weight excluding hydrogens is 369 g/mol. The predicted molar refractivity (Wildman–Crippen MR) is 96.8 cm³/mol. The second-order valence-electron chi connectivity index (χ2n) is 4.82. The van der Waals surface area contributed by atoms with E-state index < -0.39 is 11.9 Å². The van der Waals surface area contributed by atoms with Gasteiger partial charge < -0.3 is 10.1 Å². The van der Waals surface area contributed by atoms with Gasteiger partial charge in [-0.05, 0) is 42.2 Å². The molecule has 0 fully saturated rings. The number of rotatable bonds is 6. The normalized spacial score (nSPS) is 10.3. The quantitative estimate of drug-likeness (QED) is 0.600. The molecule has 0 unspecified atom stereocenters. The number of hydrogen-bond donors (Lipinski definition) is 1. The second kappa shape index (κ2) is 8.97. The molecule has 0 radical (unpaired) electrons. The molecule has 2 aromatic carbocycles. The van der Waals surface area contributed by atoms with E-state index in [9.17, 15) is 9.59 Å². The van der Waals surface area contributed by atoms with Crippen molar-refractivity contribution in [2.45, 2.75) is 11.5 Å². The third-order valence-corrected chi connectivity index (χ3v) is 4.42.